The van der Waals surface area contributed by atoms with Crippen LogP contribution in [0.3, 0.4) is 0 Å². The molecule has 0 amide bonds. The van der Waals surface area contributed by atoms with Crippen molar-refractivity contribution in [3.63, 3.8) is 0 Å². The molecule has 3 nitrogen and oxygen atoms in total. The highest BCUT2D eigenvalue weighted by Crippen LogP contribution is 2.10. The molecule has 0 rings (SSSR count). The number of carbonyl (C=O) groups excluding carboxylic acids is 1. The topological polar surface area (TPSA) is 63.3 Å². The zero-order chi connectivity index (χ0) is 16.7. The predicted octanol–water partition coefficient (Wildman–Crippen LogP) is 4.21. The summed E-state index contributed by atoms with van der Waals surface area (Å²) in [6.07, 6.45) is 4.98. The highest BCUT2D eigenvalue weighted by molar-refractivity contribution is 5.92. The van der Waals surface area contributed by atoms with E-state index in [0.29, 0.717) is 5.70 Å². The maximum Gasteiger partial charge on any atom is 0.175 e. The molecule has 2 unspecified atom stereocenters. The van der Waals surface area contributed by atoms with Crippen molar-refractivity contribution in [2.45, 2.75) is 73.8 Å². The van der Waals surface area contributed by atoms with Crippen molar-refractivity contribution in [2.75, 3.05) is 0 Å². The SMILES string of the molecule is C=CC.CC(=O)C(N)=C(C)C.CCC(C)CCC(C)O. The minimum absolute atomic E-state index is 0.0509. The van der Waals surface area contributed by atoms with Crippen LogP contribution in [0, 0.1) is 5.92 Å². The van der Waals surface area contributed by atoms with Gasteiger partial charge >= 0.3 is 0 Å². The second kappa shape index (κ2) is 16.0. The number of nitrogens with two attached hydrogens (primary N) is 1. The number of hydrogen-bond acceptors (Lipinski definition) is 3. The monoisotopic (exact) mass is 285 g/mol. The zero-order valence-corrected chi connectivity index (χ0v) is 14.5. The van der Waals surface area contributed by atoms with E-state index in [-0.39, 0.29) is 11.9 Å². The molecule has 0 aromatic carbocycles. The van der Waals surface area contributed by atoms with Crippen molar-refractivity contribution in [1.29, 1.82) is 0 Å². The summed E-state index contributed by atoms with van der Waals surface area (Å²) in [6.45, 7) is 16.6. The van der Waals surface area contributed by atoms with Gasteiger partial charge in [-0.3, -0.25) is 4.79 Å². The molecule has 0 spiro atoms. The number of aliphatic hydroxyl groups excluding tert-OH is 1. The van der Waals surface area contributed by atoms with E-state index < -0.39 is 0 Å². The Morgan fingerprint density at radius 2 is 1.65 bits per heavy atom. The van der Waals surface area contributed by atoms with Gasteiger partial charge in [0.15, 0.2) is 5.78 Å². The Kier molecular flexibility index (Phi) is 19.1. The summed E-state index contributed by atoms with van der Waals surface area (Å²) < 4.78 is 0. The fourth-order valence-corrected chi connectivity index (χ4v) is 1.08. The van der Waals surface area contributed by atoms with Crippen LogP contribution in [-0.4, -0.2) is 17.0 Å². The van der Waals surface area contributed by atoms with Crippen molar-refractivity contribution in [2.24, 2.45) is 11.7 Å². The van der Waals surface area contributed by atoms with Gasteiger partial charge in [-0.05, 0) is 52.0 Å². The summed E-state index contributed by atoms with van der Waals surface area (Å²) in [6, 6.07) is 0. The first kappa shape index (κ1) is 24.0. The maximum atomic E-state index is 10.4. The van der Waals surface area contributed by atoms with E-state index in [1.807, 2.05) is 27.7 Å². The largest absolute Gasteiger partial charge is 0.396 e. The third kappa shape index (κ3) is 22.1. The molecular formula is C17H35NO2. The Bertz CT molecular complexity index is 277. The highest BCUT2D eigenvalue weighted by Gasteiger charge is 2.00. The van der Waals surface area contributed by atoms with Crippen LogP contribution < -0.4 is 5.73 Å². The fourth-order valence-electron chi connectivity index (χ4n) is 1.08. The minimum Gasteiger partial charge on any atom is -0.396 e. The molecule has 20 heavy (non-hydrogen) atoms. The van der Waals surface area contributed by atoms with Crippen LogP contribution in [0.2, 0.25) is 0 Å². The standard InChI is InChI=1S/C8H18O.C6H11NO.C3H6/c1-4-7(2)5-6-8(3)9;1-4(2)6(7)5(3)8;1-3-2/h7-9H,4-6H2,1-3H3;7H2,1-3H3;3H,1H2,2H3. The van der Waals surface area contributed by atoms with Crippen LogP contribution in [0.4, 0.5) is 0 Å². The summed E-state index contributed by atoms with van der Waals surface area (Å²) in [4.78, 5) is 10.4. The van der Waals surface area contributed by atoms with Crippen molar-refractivity contribution < 1.29 is 9.90 Å². The van der Waals surface area contributed by atoms with E-state index >= 15 is 0 Å². The van der Waals surface area contributed by atoms with Crippen LogP contribution in [0.1, 0.15) is 67.7 Å². The van der Waals surface area contributed by atoms with Gasteiger partial charge in [-0.25, -0.2) is 0 Å². The van der Waals surface area contributed by atoms with Crippen LogP contribution in [0.5, 0.6) is 0 Å². The van der Waals surface area contributed by atoms with Crippen molar-refractivity contribution in [3.8, 4) is 0 Å². The van der Waals surface area contributed by atoms with Gasteiger partial charge in [-0.1, -0.05) is 26.3 Å². The molecule has 0 radical (unpaired) electrons. The number of ketones is 1. The van der Waals surface area contributed by atoms with E-state index in [1.54, 1.807) is 6.08 Å². The van der Waals surface area contributed by atoms with Gasteiger partial charge < -0.3 is 10.8 Å². The smallest absolute Gasteiger partial charge is 0.175 e. The molecule has 0 aromatic heterocycles. The molecule has 0 fully saturated rings. The molecule has 0 bridgehead atoms. The van der Waals surface area contributed by atoms with Crippen LogP contribution in [0.15, 0.2) is 23.9 Å². The van der Waals surface area contributed by atoms with E-state index in [2.05, 4.69) is 20.4 Å². The number of allylic oxidation sites excluding steroid dienone is 3. The molecule has 0 saturated heterocycles. The van der Waals surface area contributed by atoms with Crippen molar-refractivity contribution in [3.05, 3.63) is 23.9 Å². The Hall–Kier alpha value is -1.09. The molecular weight excluding hydrogens is 250 g/mol. The first-order valence-corrected chi connectivity index (χ1v) is 7.32. The van der Waals surface area contributed by atoms with Gasteiger partial charge in [0.1, 0.15) is 0 Å². The molecule has 2 atom stereocenters. The normalized spacial score (nSPS) is 11.8. The van der Waals surface area contributed by atoms with Crippen molar-refractivity contribution >= 4 is 5.78 Å². The lowest BCUT2D eigenvalue weighted by atomic mass is 10.0. The van der Waals surface area contributed by atoms with Crippen molar-refractivity contribution in [1.82, 2.24) is 0 Å². The first-order valence-electron chi connectivity index (χ1n) is 7.32. The molecule has 3 heteroatoms. The third-order valence-electron chi connectivity index (χ3n) is 2.69. The predicted molar refractivity (Wildman–Crippen MR) is 89.5 cm³/mol. The van der Waals surface area contributed by atoms with Gasteiger partial charge in [-0.2, -0.15) is 0 Å². The van der Waals surface area contributed by atoms with Crippen LogP contribution in [-0.2, 0) is 4.79 Å². The molecule has 0 heterocycles. The quantitative estimate of drug-likeness (QED) is 0.587. The van der Waals surface area contributed by atoms with E-state index in [4.69, 9.17) is 10.8 Å². The molecule has 3 N–H and O–H groups in total. The Morgan fingerprint density at radius 3 is 1.80 bits per heavy atom. The average molecular weight is 285 g/mol. The summed E-state index contributed by atoms with van der Waals surface area (Å²) in [5.41, 5.74) is 6.56. The zero-order valence-electron chi connectivity index (χ0n) is 14.5. The lowest BCUT2D eigenvalue weighted by Crippen LogP contribution is -2.08. The molecule has 0 aromatic rings. The molecule has 0 aliphatic rings. The third-order valence-corrected chi connectivity index (χ3v) is 2.69. The molecule has 0 aliphatic heterocycles. The summed E-state index contributed by atoms with van der Waals surface area (Å²) >= 11 is 0. The fraction of sp³-hybridized carbons (Fsp3) is 0.706. The average Bonchev–Trinajstić information content (AvgIpc) is 2.36. The Balaban J connectivity index is -0.000000243. The number of aliphatic hydroxyl groups is 1. The lowest BCUT2D eigenvalue weighted by molar-refractivity contribution is -0.113. The highest BCUT2D eigenvalue weighted by atomic mass is 16.3. The maximum absolute atomic E-state index is 10.4. The number of carbonyl (C=O) groups is 1. The van der Waals surface area contributed by atoms with Gasteiger partial charge in [-0.15, -0.1) is 6.58 Å². The Morgan fingerprint density at radius 1 is 1.25 bits per heavy atom. The summed E-state index contributed by atoms with van der Waals surface area (Å²) in [5.74, 6) is 0.726. The van der Waals surface area contributed by atoms with E-state index in [9.17, 15) is 4.79 Å². The van der Waals surface area contributed by atoms with Gasteiger partial charge in [0.2, 0.25) is 0 Å². The summed E-state index contributed by atoms with van der Waals surface area (Å²) in [5, 5.41) is 8.90. The molecule has 0 aliphatic carbocycles. The second-order valence-corrected chi connectivity index (χ2v) is 5.32. The van der Waals surface area contributed by atoms with Gasteiger partial charge in [0.25, 0.3) is 0 Å². The summed E-state index contributed by atoms with van der Waals surface area (Å²) in [7, 11) is 0. The van der Waals surface area contributed by atoms with E-state index in [0.717, 1.165) is 24.3 Å². The number of hydrogen-bond donors (Lipinski definition) is 2. The van der Waals surface area contributed by atoms with Crippen LogP contribution >= 0.6 is 0 Å². The number of rotatable bonds is 5. The minimum atomic E-state index is -0.112. The van der Waals surface area contributed by atoms with Gasteiger partial charge in [0, 0.05) is 6.92 Å². The van der Waals surface area contributed by atoms with E-state index in [1.165, 1.54) is 13.3 Å². The van der Waals surface area contributed by atoms with Gasteiger partial charge in [0.05, 0.1) is 11.8 Å². The lowest BCUT2D eigenvalue weighted by Gasteiger charge is -2.08. The Labute approximate surface area is 126 Å². The first-order chi connectivity index (χ1) is 9.13. The molecule has 0 saturated carbocycles. The van der Waals surface area contributed by atoms with Crippen LogP contribution in [0.25, 0.3) is 0 Å². The molecule has 120 valence electrons. The second-order valence-electron chi connectivity index (χ2n) is 5.32. The number of Topliss-reactive ketones (excluding diaryl/α,β-unsaturated/α-hetero) is 1.